The van der Waals surface area contributed by atoms with E-state index in [1.54, 1.807) is 6.07 Å². The van der Waals surface area contributed by atoms with Gasteiger partial charge >= 0.3 is 0 Å². The fourth-order valence-electron chi connectivity index (χ4n) is 1.23. The van der Waals surface area contributed by atoms with Gasteiger partial charge in [0, 0.05) is 6.04 Å². The Morgan fingerprint density at radius 3 is 2.43 bits per heavy atom. The zero-order chi connectivity index (χ0) is 10.9. The number of halogens is 2. The summed E-state index contributed by atoms with van der Waals surface area (Å²) in [7, 11) is 0. The van der Waals surface area contributed by atoms with Crippen molar-refractivity contribution in [2.24, 2.45) is 11.1 Å². The molecule has 0 unspecified atom stereocenters. The van der Waals surface area contributed by atoms with Crippen LogP contribution in [0.4, 0.5) is 4.39 Å². The van der Waals surface area contributed by atoms with Crippen LogP contribution in [0.15, 0.2) is 22.7 Å². The molecule has 0 saturated heterocycles. The molecule has 0 aliphatic carbocycles. The highest BCUT2D eigenvalue weighted by Gasteiger charge is 2.24. The van der Waals surface area contributed by atoms with Crippen LogP contribution in [0.25, 0.3) is 0 Å². The Kier molecular flexibility index (Phi) is 3.32. The number of hydrogen-bond acceptors (Lipinski definition) is 1. The molecule has 0 bridgehead atoms. The number of nitrogens with two attached hydrogens (primary N) is 1. The molecule has 0 aromatic heterocycles. The molecule has 0 fully saturated rings. The van der Waals surface area contributed by atoms with Crippen molar-refractivity contribution < 1.29 is 4.39 Å². The third kappa shape index (κ3) is 2.34. The monoisotopic (exact) mass is 259 g/mol. The van der Waals surface area contributed by atoms with Gasteiger partial charge in [0.25, 0.3) is 0 Å². The van der Waals surface area contributed by atoms with Crippen LogP contribution in [-0.2, 0) is 0 Å². The highest BCUT2D eigenvalue weighted by Crippen LogP contribution is 2.35. The van der Waals surface area contributed by atoms with Crippen LogP contribution in [-0.4, -0.2) is 0 Å². The predicted octanol–water partition coefficient (Wildman–Crippen LogP) is 3.63. The molecule has 1 aromatic rings. The summed E-state index contributed by atoms with van der Waals surface area (Å²) in [5.74, 6) is -0.262. The average Bonchev–Trinajstić information content (AvgIpc) is 2.07. The fraction of sp³-hybridized carbons (Fsp3) is 0.455. The molecule has 0 amide bonds. The van der Waals surface area contributed by atoms with Gasteiger partial charge in [0.2, 0.25) is 0 Å². The van der Waals surface area contributed by atoms with Crippen LogP contribution < -0.4 is 5.73 Å². The first-order valence-corrected chi connectivity index (χ1v) is 5.33. The summed E-state index contributed by atoms with van der Waals surface area (Å²) < 4.78 is 13.7. The van der Waals surface area contributed by atoms with Gasteiger partial charge in [-0.3, -0.25) is 0 Å². The Morgan fingerprint density at radius 1 is 1.36 bits per heavy atom. The first kappa shape index (κ1) is 11.7. The van der Waals surface area contributed by atoms with Gasteiger partial charge in [-0.2, -0.15) is 0 Å². The molecule has 0 radical (unpaired) electrons. The molecule has 1 nitrogen and oxygen atoms in total. The van der Waals surface area contributed by atoms with E-state index in [0.717, 1.165) is 5.56 Å². The van der Waals surface area contributed by atoms with E-state index in [-0.39, 0.29) is 17.3 Å². The zero-order valence-corrected chi connectivity index (χ0v) is 10.2. The van der Waals surface area contributed by atoms with E-state index in [1.165, 1.54) is 6.07 Å². The van der Waals surface area contributed by atoms with Crippen LogP contribution in [0.3, 0.4) is 0 Å². The quantitative estimate of drug-likeness (QED) is 0.819. The number of hydrogen-bond donors (Lipinski definition) is 1. The fourth-order valence-corrected chi connectivity index (χ4v) is 1.74. The molecule has 0 saturated carbocycles. The molecule has 1 aromatic carbocycles. The van der Waals surface area contributed by atoms with Gasteiger partial charge in [0.05, 0.1) is 4.47 Å². The van der Waals surface area contributed by atoms with Gasteiger partial charge in [-0.15, -0.1) is 0 Å². The Morgan fingerprint density at radius 2 is 1.93 bits per heavy atom. The standard InChI is InChI=1S/C11H15BrFN/c1-11(2,3)10(14)7-5-4-6-8(13)9(7)12/h4-6,10H,14H2,1-3H3/t10-/m0/s1. The van der Waals surface area contributed by atoms with Crippen molar-refractivity contribution in [2.75, 3.05) is 0 Å². The van der Waals surface area contributed by atoms with Crippen molar-refractivity contribution in [3.8, 4) is 0 Å². The topological polar surface area (TPSA) is 26.0 Å². The first-order chi connectivity index (χ1) is 6.34. The Labute approximate surface area is 92.6 Å². The Balaban J connectivity index is 3.14. The van der Waals surface area contributed by atoms with E-state index in [9.17, 15) is 4.39 Å². The van der Waals surface area contributed by atoms with Crippen molar-refractivity contribution >= 4 is 15.9 Å². The minimum Gasteiger partial charge on any atom is -0.323 e. The molecule has 0 aliphatic heterocycles. The smallest absolute Gasteiger partial charge is 0.137 e. The maximum absolute atomic E-state index is 13.2. The van der Waals surface area contributed by atoms with Crippen LogP contribution in [0, 0.1) is 11.2 Å². The highest BCUT2D eigenvalue weighted by atomic mass is 79.9. The van der Waals surface area contributed by atoms with Crippen LogP contribution >= 0.6 is 15.9 Å². The van der Waals surface area contributed by atoms with E-state index in [1.807, 2.05) is 26.8 Å². The summed E-state index contributed by atoms with van der Waals surface area (Å²) in [4.78, 5) is 0. The zero-order valence-electron chi connectivity index (χ0n) is 8.64. The molecule has 14 heavy (non-hydrogen) atoms. The number of benzene rings is 1. The van der Waals surface area contributed by atoms with Crippen molar-refractivity contribution in [3.05, 3.63) is 34.1 Å². The predicted molar refractivity (Wildman–Crippen MR) is 60.5 cm³/mol. The van der Waals surface area contributed by atoms with Crippen LogP contribution in [0.5, 0.6) is 0 Å². The van der Waals surface area contributed by atoms with Gasteiger partial charge in [-0.25, -0.2) is 4.39 Å². The van der Waals surface area contributed by atoms with Crippen molar-refractivity contribution in [3.63, 3.8) is 0 Å². The van der Waals surface area contributed by atoms with E-state index < -0.39 is 0 Å². The molecule has 0 aliphatic rings. The van der Waals surface area contributed by atoms with Gasteiger partial charge in [-0.05, 0) is 33.0 Å². The molecule has 1 atom stereocenters. The lowest BCUT2D eigenvalue weighted by Gasteiger charge is -2.28. The molecule has 78 valence electrons. The summed E-state index contributed by atoms with van der Waals surface area (Å²) in [6.07, 6.45) is 0. The molecular formula is C11H15BrFN. The molecule has 2 N–H and O–H groups in total. The number of rotatable bonds is 1. The highest BCUT2D eigenvalue weighted by molar-refractivity contribution is 9.10. The summed E-state index contributed by atoms with van der Waals surface area (Å²) in [6, 6.07) is 4.78. The lowest BCUT2D eigenvalue weighted by atomic mass is 9.83. The summed E-state index contributed by atoms with van der Waals surface area (Å²) in [5, 5.41) is 0. The Bertz CT molecular complexity index is 331. The maximum atomic E-state index is 13.2. The molecule has 3 heteroatoms. The van der Waals surface area contributed by atoms with Crippen LogP contribution in [0.2, 0.25) is 0 Å². The minimum absolute atomic E-state index is 0.0731. The third-order valence-corrected chi connectivity index (χ3v) is 3.09. The van der Waals surface area contributed by atoms with Gasteiger partial charge < -0.3 is 5.73 Å². The summed E-state index contributed by atoms with van der Waals surface area (Å²) in [5.41, 5.74) is 6.79. The van der Waals surface area contributed by atoms with Crippen molar-refractivity contribution in [1.82, 2.24) is 0 Å². The first-order valence-electron chi connectivity index (χ1n) is 4.53. The summed E-state index contributed by atoms with van der Waals surface area (Å²) in [6.45, 7) is 6.11. The lowest BCUT2D eigenvalue weighted by Crippen LogP contribution is -2.26. The second-order valence-electron chi connectivity index (χ2n) is 4.49. The van der Waals surface area contributed by atoms with E-state index in [2.05, 4.69) is 15.9 Å². The second-order valence-corrected chi connectivity index (χ2v) is 5.28. The molecular weight excluding hydrogens is 245 g/mol. The molecule has 1 rings (SSSR count). The van der Waals surface area contributed by atoms with Crippen LogP contribution in [0.1, 0.15) is 32.4 Å². The lowest BCUT2D eigenvalue weighted by molar-refractivity contribution is 0.325. The maximum Gasteiger partial charge on any atom is 0.137 e. The SMILES string of the molecule is CC(C)(C)[C@@H](N)c1cccc(F)c1Br. The summed E-state index contributed by atoms with van der Waals surface area (Å²) >= 11 is 3.22. The van der Waals surface area contributed by atoms with E-state index >= 15 is 0 Å². The normalized spacial score (nSPS) is 14.1. The Hall–Kier alpha value is -0.410. The minimum atomic E-state index is -0.262. The van der Waals surface area contributed by atoms with Crippen molar-refractivity contribution in [2.45, 2.75) is 26.8 Å². The second kappa shape index (κ2) is 3.99. The third-order valence-electron chi connectivity index (χ3n) is 2.25. The van der Waals surface area contributed by atoms with Gasteiger partial charge in [0.15, 0.2) is 0 Å². The van der Waals surface area contributed by atoms with E-state index in [4.69, 9.17) is 5.73 Å². The average molecular weight is 260 g/mol. The van der Waals surface area contributed by atoms with Crippen molar-refractivity contribution in [1.29, 1.82) is 0 Å². The largest absolute Gasteiger partial charge is 0.323 e. The van der Waals surface area contributed by atoms with E-state index in [0.29, 0.717) is 4.47 Å². The van der Waals surface area contributed by atoms with Gasteiger partial charge in [0.1, 0.15) is 5.82 Å². The van der Waals surface area contributed by atoms with Gasteiger partial charge in [-0.1, -0.05) is 32.9 Å². The molecule has 0 heterocycles. The molecule has 0 spiro atoms.